The van der Waals surface area contributed by atoms with Crippen molar-refractivity contribution < 1.29 is 14.7 Å². The van der Waals surface area contributed by atoms with Crippen LogP contribution in [0.25, 0.3) is 0 Å². The second kappa shape index (κ2) is 6.38. The van der Waals surface area contributed by atoms with Gasteiger partial charge in [0.15, 0.2) is 0 Å². The van der Waals surface area contributed by atoms with Gasteiger partial charge in [-0.05, 0) is 19.4 Å². The molecular weight excluding hydrogens is 174 g/mol. The number of nitrogens with zero attached hydrogens (tertiary/aromatic N) is 1. The smallest absolute Gasteiger partial charge is 0.321 e. The van der Waals surface area contributed by atoms with Crippen molar-refractivity contribution in [3.8, 4) is 0 Å². The highest BCUT2D eigenvalue weighted by Gasteiger charge is 2.16. The summed E-state index contributed by atoms with van der Waals surface area (Å²) < 4.78 is 0. The molecule has 0 heterocycles. The predicted octanol–water partition coefficient (Wildman–Crippen LogP) is -1.38. The van der Waals surface area contributed by atoms with Crippen LogP contribution in [0.15, 0.2) is 0 Å². The number of urea groups is 1. The number of carbonyl (C=O) groups is 2. The highest BCUT2D eigenvalue weighted by Crippen LogP contribution is 1.95. The van der Waals surface area contributed by atoms with E-state index in [0.717, 1.165) is 4.90 Å². The van der Waals surface area contributed by atoms with Crippen LogP contribution in [0.2, 0.25) is 0 Å². The fourth-order valence-electron chi connectivity index (χ4n) is 0.857. The highest BCUT2D eigenvalue weighted by atomic mass is 16.3. The van der Waals surface area contributed by atoms with Crippen molar-refractivity contribution in [3.05, 3.63) is 0 Å². The van der Waals surface area contributed by atoms with Gasteiger partial charge in [0.2, 0.25) is 0 Å². The Kier molecular flexibility index (Phi) is 5.82. The van der Waals surface area contributed by atoms with Gasteiger partial charge in [-0.1, -0.05) is 0 Å². The molecule has 6 nitrogen and oxygen atoms in total. The minimum atomic E-state index is -0.837. The third kappa shape index (κ3) is 4.44. The van der Waals surface area contributed by atoms with Gasteiger partial charge in [-0.2, -0.15) is 0 Å². The fourth-order valence-corrected chi connectivity index (χ4v) is 0.857. The molecule has 0 spiro atoms. The Hall–Kier alpha value is -1.14. The first-order valence-corrected chi connectivity index (χ1v) is 4.04. The van der Waals surface area contributed by atoms with Gasteiger partial charge in [-0.25, -0.2) is 4.79 Å². The first-order valence-electron chi connectivity index (χ1n) is 4.04. The number of primary amides is 1. The van der Waals surface area contributed by atoms with Gasteiger partial charge >= 0.3 is 6.03 Å². The molecule has 0 fully saturated rings. The maximum Gasteiger partial charge on any atom is 0.321 e. The standard InChI is InChI=1S/C7H15N3O3/c8-3-1-2-4-10(7(9)13)6(12)5-11/h11H,1-5,8H2,(H2,9,13). The van der Waals surface area contributed by atoms with Crippen LogP contribution in [0.4, 0.5) is 4.79 Å². The molecule has 0 saturated carbocycles. The van der Waals surface area contributed by atoms with Crippen molar-refractivity contribution in [2.75, 3.05) is 19.7 Å². The minimum absolute atomic E-state index is 0.214. The fraction of sp³-hybridized carbons (Fsp3) is 0.714. The van der Waals surface area contributed by atoms with Crippen LogP contribution in [0.1, 0.15) is 12.8 Å². The summed E-state index contributed by atoms with van der Waals surface area (Å²) >= 11 is 0. The van der Waals surface area contributed by atoms with E-state index in [2.05, 4.69) is 0 Å². The van der Waals surface area contributed by atoms with E-state index >= 15 is 0 Å². The Morgan fingerprint density at radius 2 is 1.92 bits per heavy atom. The third-order valence-electron chi connectivity index (χ3n) is 1.54. The number of hydrogen-bond acceptors (Lipinski definition) is 4. The van der Waals surface area contributed by atoms with Crippen molar-refractivity contribution in [3.63, 3.8) is 0 Å². The molecule has 5 N–H and O–H groups in total. The Labute approximate surface area is 76.5 Å². The quantitative estimate of drug-likeness (QED) is 0.463. The summed E-state index contributed by atoms with van der Waals surface area (Å²) in [7, 11) is 0. The molecule has 0 aromatic carbocycles. The molecular formula is C7H15N3O3. The van der Waals surface area contributed by atoms with E-state index < -0.39 is 18.5 Å². The molecule has 13 heavy (non-hydrogen) atoms. The number of amides is 3. The number of aliphatic hydroxyl groups excluding tert-OH is 1. The lowest BCUT2D eigenvalue weighted by Gasteiger charge is -2.16. The first kappa shape index (κ1) is 11.9. The number of hydrogen-bond donors (Lipinski definition) is 3. The first-order chi connectivity index (χ1) is 6.13. The van der Waals surface area contributed by atoms with Crippen molar-refractivity contribution in [2.24, 2.45) is 11.5 Å². The molecule has 0 aliphatic rings. The number of imide groups is 1. The molecule has 76 valence electrons. The number of unbranched alkanes of at least 4 members (excludes halogenated alkanes) is 1. The molecule has 0 aliphatic heterocycles. The molecule has 0 radical (unpaired) electrons. The third-order valence-corrected chi connectivity index (χ3v) is 1.54. The molecule has 0 saturated heterocycles. The van der Waals surface area contributed by atoms with Gasteiger partial charge in [0.25, 0.3) is 5.91 Å². The maximum atomic E-state index is 10.9. The largest absolute Gasteiger partial charge is 0.387 e. The van der Waals surface area contributed by atoms with Crippen LogP contribution in [0, 0.1) is 0 Å². The molecule has 3 amide bonds. The Morgan fingerprint density at radius 1 is 1.31 bits per heavy atom. The van der Waals surface area contributed by atoms with E-state index in [1.165, 1.54) is 0 Å². The number of carbonyl (C=O) groups excluding carboxylic acids is 2. The maximum absolute atomic E-state index is 10.9. The Balaban J connectivity index is 3.95. The number of aliphatic hydroxyl groups is 1. The zero-order valence-electron chi connectivity index (χ0n) is 7.40. The van der Waals surface area contributed by atoms with Crippen LogP contribution in [0.3, 0.4) is 0 Å². The van der Waals surface area contributed by atoms with E-state index in [-0.39, 0.29) is 6.54 Å². The molecule has 0 aliphatic carbocycles. The Bertz CT molecular complexity index is 184. The van der Waals surface area contributed by atoms with E-state index in [1.807, 2.05) is 0 Å². The molecule has 0 bridgehead atoms. The highest BCUT2D eigenvalue weighted by molar-refractivity contribution is 5.94. The summed E-state index contributed by atoms with van der Waals surface area (Å²) in [6, 6.07) is -0.837. The summed E-state index contributed by atoms with van der Waals surface area (Å²) in [6.45, 7) is 0.0113. The van der Waals surface area contributed by atoms with Gasteiger partial charge in [0.05, 0.1) is 0 Å². The van der Waals surface area contributed by atoms with Crippen molar-refractivity contribution >= 4 is 11.9 Å². The van der Waals surface area contributed by atoms with Gasteiger partial charge < -0.3 is 16.6 Å². The molecule has 0 aromatic rings. The normalized spacial score (nSPS) is 9.69. The van der Waals surface area contributed by atoms with Crippen molar-refractivity contribution in [1.82, 2.24) is 4.90 Å². The van der Waals surface area contributed by atoms with Crippen LogP contribution in [0.5, 0.6) is 0 Å². The Morgan fingerprint density at radius 3 is 2.31 bits per heavy atom. The topological polar surface area (TPSA) is 110 Å². The van der Waals surface area contributed by atoms with Gasteiger partial charge in [0, 0.05) is 6.54 Å². The molecule has 6 heteroatoms. The summed E-state index contributed by atoms with van der Waals surface area (Å²) in [4.78, 5) is 22.4. The van der Waals surface area contributed by atoms with Crippen LogP contribution in [-0.4, -0.2) is 41.6 Å². The lowest BCUT2D eigenvalue weighted by molar-refractivity contribution is -0.131. The van der Waals surface area contributed by atoms with Gasteiger partial charge in [-0.15, -0.1) is 0 Å². The minimum Gasteiger partial charge on any atom is -0.387 e. The van der Waals surface area contributed by atoms with E-state index in [1.54, 1.807) is 0 Å². The summed E-state index contributed by atoms with van der Waals surface area (Å²) in [5, 5.41) is 8.49. The average molecular weight is 189 g/mol. The second-order valence-corrected chi connectivity index (χ2v) is 2.54. The summed E-state index contributed by atoms with van der Waals surface area (Å²) in [5.41, 5.74) is 10.1. The van der Waals surface area contributed by atoms with E-state index in [0.29, 0.717) is 19.4 Å². The molecule has 0 atom stereocenters. The SMILES string of the molecule is NCCCCN(C(N)=O)C(=O)CO. The predicted molar refractivity (Wildman–Crippen MR) is 46.7 cm³/mol. The molecule has 0 rings (SSSR count). The lowest BCUT2D eigenvalue weighted by Crippen LogP contribution is -2.42. The monoisotopic (exact) mass is 189 g/mol. The number of nitrogens with two attached hydrogens (primary N) is 2. The molecule has 0 aromatic heterocycles. The zero-order chi connectivity index (χ0) is 10.3. The molecule has 0 unspecified atom stereocenters. The van der Waals surface area contributed by atoms with Crippen LogP contribution < -0.4 is 11.5 Å². The zero-order valence-corrected chi connectivity index (χ0v) is 7.40. The summed E-state index contributed by atoms with van der Waals surface area (Å²) in [5.74, 6) is -0.676. The van der Waals surface area contributed by atoms with E-state index in [9.17, 15) is 9.59 Å². The van der Waals surface area contributed by atoms with Gasteiger partial charge in [-0.3, -0.25) is 9.69 Å². The number of rotatable bonds is 5. The average Bonchev–Trinajstić information content (AvgIpc) is 2.11. The lowest BCUT2D eigenvalue weighted by atomic mass is 10.3. The van der Waals surface area contributed by atoms with Crippen molar-refractivity contribution in [1.29, 1.82) is 0 Å². The van der Waals surface area contributed by atoms with Gasteiger partial charge in [0.1, 0.15) is 6.61 Å². The van der Waals surface area contributed by atoms with E-state index in [4.69, 9.17) is 16.6 Å². The van der Waals surface area contributed by atoms with Crippen LogP contribution >= 0.6 is 0 Å². The second-order valence-electron chi connectivity index (χ2n) is 2.54. The van der Waals surface area contributed by atoms with Crippen molar-refractivity contribution in [2.45, 2.75) is 12.8 Å². The van der Waals surface area contributed by atoms with Crippen LogP contribution in [-0.2, 0) is 4.79 Å². The summed E-state index contributed by atoms with van der Waals surface area (Å²) in [6.07, 6.45) is 1.31.